The molecule has 0 radical (unpaired) electrons. The molecule has 1 aromatic heterocycles. The number of hydrogen-bond acceptors (Lipinski definition) is 5. The van der Waals surface area contributed by atoms with Crippen LogP contribution in [0.5, 0.6) is 0 Å². The molecule has 100 valence electrons. The average molecular weight is 373 g/mol. The summed E-state index contributed by atoms with van der Waals surface area (Å²) in [4.78, 5) is 10.6. The van der Waals surface area contributed by atoms with Crippen molar-refractivity contribution in [3.8, 4) is 0 Å². The van der Waals surface area contributed by atoms with Gasteiger partial charge >= 0.3 is 0 Å². The minimum atomic E-state index is -0.394. The zero-order chi connectivity index (χ0) is 13.8. The average Bonchev–Trinajstić information content (AvgIpc) is 2.84. The highest BCUT2D eigenvalue weighted by Gasteiger charge is 2.14. The van der Waals surface area contributed by atoms with E-state index in [0.717, 1.165) is 15.9 Å². The molecule has 0 amide bonds. The summed E-state index contributed by atoms with van der Waals surface area (Å²) < 4.78 is 2.71. The van der Waals surface area contributed by atoms with Crippen LogP contribution in [0.2, 0.25) is 0 Å². The predicted molar refractivity (Wildman–Crippen MR) is 78.8 cm³/mol. The second kappa shape index (κ2) is 5.95. The van der Waals surface area contributed by atoms with Crippen LogP contribution in [0.25, 0.3) is 0 Å². The first-order valence-corrected chi connectivity index (χ1v) is 6.74. The van der Waals surface area contributed by atoms with Crippen LogP contribution >= 0.6 is 22.6 Å². The van der Waals surface area contributed by atoms with Crippen LogP contribution in [0.3, 0.4) is 0 Å². The minimum absolute atomic E-state index is 0.0643. The summed E-state index contributed by atoms with van der Waals surface area (Å²) in [7, 11) is 0. The summed E-state index contributed by atoms with van der Waals surface area (Å²) in [6, 6.07) is 5.06. The molecule has 0 fully saturated rings. The van der Waals surface area contributed by atoms with Crippen LogP contribution in [0, 0.1) is 13.7 Å². The number of nitrogens with zero attached hydrogens (tertiary/aromatic N) is 4. The van der Waals surface area contributed by atoms with Gasteiger partial charge in [0.15, 0.2) is 5.82 Å². The smallest absolute Gasteiger partial charge is 0.293 e. The van der Waals surface area contributed by atoms with Gasteiger partial charge in [0.1, 0.15) is 12.0 Å². The van der Waals surface area contributed by atoms with E-state index in [1.54, 1.807) is 12.4 Å². The van der Waals surface area contributed by atoms with Crippen molar-refractivity contribution in [1.29, 1.82) is 0 Å². The zero-order valence-electron chi connectivity index (χ0n) is 10.2. The lowest BCUT2D eigenvalue weighted by Crippen LogP contribution is -2.08. The van der Waals surface area contributed by atoms with Crippen LogP contribution in [-0.2, 0) is 13.1 Å². The van der Waals surface area contributed by atoms with Crippen LogP contribution in [-0.4, -0.2) is 19.7 Å². The predicted octanol–water partition coefficient (Wildman–Crippen LogP) is 2.42. The topological polar surface area (TPSA) is 85.9 Å². The summed E-state index contributed by atoms with van der Waals surface area (Å²) in [5, 5.41) is 21.8. The maximum Gasteiger partial charge on any atom is 0.293 e. The van der Waals surface area contributed by atoms with E-state index in [2.05, 4.69) is 15.5 Å². The number of aryl methyl sites for hydroxylation is 1. The van der Waals surface area contributed by atoms with Crippen molar-refractivity contribution in [1.82, 2.24) is 14.8 Å². The first-order valence-electron chi connectivity index (χ1n) is 5.66. The standard InChI is InChI=1S/C11H12IN5O2/c1-2-16-7-14-15-11(16)6-13-9-4-3-8(12)5-10(9)17(18)19/h3-5,7,13H,2,6H2,1H3. The van der Waals surface area contributed by atoms with Gasteiger partial charge in [0.05, 0.1) is 11.5 Å². The lowest BCUT2D eigenvalue weighted by molar-refractivity contribution is -0.384. The first-order chi connectivity index (χ1) is 9.11. The fraction of sp³-hybridized carbons (Fsp3) is 0.273. The van der Waals surface area contributed by atoms with Gasteiger partial charge in [0, 0.05) is 16.2 Å². The van der Waals surface area contributed by atoms with Crippen LogP contribution in [0.15, 0.2) is 24.5 Å². The van der Waals surface area contributed by atoms with Gasteiger partial charge in [-0.2, -0.15) is 0 Å². The molecule has 1 aromatic carbocycles. The Hall–Kier alpha value is -1.71. The molecule has 8 heteroatoms. The van der Waals surface area contributed by atoms with E-state index in [4.69, 9.17) is 0 Å². The fourth-order valence-electron chi connectivity index (χ4n) is 1.66. The Kier molecular flexibility index (Phi) is 4.30. The lowest BCUT2D eigenvalue weighted by atomic mass is 10.2. The van der Waals surface area contributed by atoms with Crippen molar-refractivity contribution < 1.29 is 4.92 Å². The molecule has 1 N–H and O–H groups in total. The highest BCUT2D eigenvalue weighted by Crippen LogP contribution is 2.26. The number of hydrogen-bond donors (Lipinski definition) is 1. The molecule has 1 heterocycles. The second-order valence-electron chi connectivity index (χ2n) is 3.81. The summed E-state index contributed by atoms with van der Waals surface area (Å²) in [5.41, 5.74) is 0.547. The van der Waals surface area contributed by atoms with E-state index in [0.29, 0.717) is 12.2 Å². The van der Waals surface area contributed by atoms with Gasteiger partial charge in [0.2, 0.25) is 0 Å². The second-order valence-corrected chi connectivity index (χ2v) is 5.05. The molecule has 0 aliphatic carbocycles. The lowest BCUT2D eigenvalue weighted by Gasteiger charge is -2.07. The monoisotopic (exact) mass is 373 g/mol. The number of nitro benzene ring substituents is 1. The van der Waals surface area contributed by atoms with Crippen LogP contribution < -0.4 is 5.32 Å². The Labute approximate surface area is 123 Å². The normalized spacial score (nSPS) is 10.4. The number of aromatic nitrogens is 3. The molecule has 0 aliphatic rings. The SMILES string of the molecule is CCn1cnnc1CNc1ccc(I)cc1[N+](=O)[O-]. The van der Waals surface area contributed by atoms with Crippen molar-refractivity contribution in [2.45, 2.75) is 20.0 Å². The number of nitrogens with one attached hydrogen (secondary N) is 1. The van der Waals surface area contributed by atoms with E-state index in [9.17, 15) is 10.1 Å². The Morgan fingerprint density at radius 2 is 2.32 bits per heavy atom. The summed E-state index contributed by atoms with van der Waals surface area (Å²) in [6.45, 7) is 3.15. The minimum Gasteiger partial charge on any atom is -0.372 e. The van der Waals surface area contributed by atoms with E-state index in [-0.39, 0.29) is 5.69 Å². The molecule has 0 aliphatic heterocycles. The summed E-state index contributed by atoms with van der Waals surface area (Å²) in [5.74, 6) is 0.746. The molecule has 2 aromatic rings. The van der Waals surface area contributed by atoms with E-state index in [1.165, 1.54) is 6.07 Å². The largest absolute Gasteiger partial charge is 0.372 e. The van der Waals surface area contributed by atoms with Gasteiger partial charge in [-0.25, -0.2) is 0 Å². The summed E-state index contributed by atoms with van der Waals surface area (Å²) >= 11 is 2.05. The third kappa shape index (κ3) is 3.19. The fourth-order valence-corrected chi connectivity index (χ4v) is 2.13. The van der Waals surface area contributed by atoms with Gasteiger partial charge in [-0.15, -0.1) is 10.2 Å². The number of nitro groups is 1. The quantitative estimate of drug-likeness (QED) is 0.494. The molecule has 0 spiro atoms. The van der Waals surface area contributed by atoms with E-state index >= 15 is 0 Å². The van der Waals surface area contributed by atoms with Gasteiger partial charge < -0.3 is 9.88 Å². The molecular formula is C11H12IN5O2. The van der Waals surface area contributed by atoms with Gasteiger partial charge in [0.25, 0.3) is 5.69 Å². The number of benzene rings is 1. The third-order valence-corrected chi connectivity index (χ3v) is 3.30. The zero-order valence-corrected chi connectivity index (χ0v) is 12.4. The molecule has 7 nitrogen and oxygen atoms in total. The van der Waals surface area contributed by atoms with Crippen molar-refractivity contribution in [2.75, 3.05) is 5.32 Å². The Morgan fingerprint density at radius 3 is 3.00 bits per heavy atom. The molecule has 0 atom stereocenters. The Bertz CT molecular complexity index is 599. The third-order valence-electron chi connectivity index (χ3n) is 2.63. The molecule has 19 heavy (non-hydrogen) atoms. The van der Waals surface area contributed by atoms with E-state index < -0.39 is 4.92 Å². The summed E-state index contributed by atoms with van der Waals surface area (Å²) in [6.07, 6.45) is 1.64. The maximum atomic E-state index is 11.0. The van der Waals surface area contributed by atoms with Gasteiger partial charge in [-0.1, -0.05) is 0 Å². The Morgan fingerprint density at radius 1 is 1.53 bits per heavy atom. The molecule has 0 saturated carbocycles. The first kappa shape index (κ1) is 13.7. The van der Waals surface area contributed by atoms with Crippen molar-refractivity contribution in [3.05, 3.63) is 44.0 Å². The molecular weight excluding hydrogens is 361 g/mol. The number of rotatable bonds is 5. The van der Waals surface area contributed by atoms with Crippen molar-refractivity contribution >= 4 is 34.0 Å². The molecule has 0 unspecified atom stereocenters. The van der Waals surface area contributed by atoms with Crippen LogP contribution in [0.1, 0.15) is 12.7 Å². The maximum absolute atomic E-state index is 11.0. The number of halogens is 1. The van der Waals surface area contributed by atoms with Crippen LogP contribution in [0.4, 0.5) is 11.4 Å². The van der Waals surface area contributed by atoms with Gasteiger partial charge in [-0.3, -0.25) is 10.1 Å². The van der Waals surface area contributed by atoms with E-state index in [1.807, 2.05) is 40.1 Å². The number of anilines is 1. The molecule has 0 bridgehead atoms. The highest BCUT2D eigenvalue weighted by molar-refractivity contribution is 14.1. The van der Waals surface area contributed by atoms with Crippen molar-refractivity contribution in [2.24, 2.45) is 0 Å². The van der Waals surface area contributed by atoms with Crippen molar-refractivity contribution in [3.63, 3.8) is 0 Å². The highest BCUT2D eigenvalue weighted by atomic mass is 127. The molecule has 0 saturated heterocycles. The molecule has 2 rings (SSSR count). The Balaban J connectivity index is 2.18. The van der Waals surface area contributed by atoms with Gasteiger partial charge in [-0.05, 0) is 41.6 Å².